The maximum atomic E-state index is 12.7. The summed E-state index contributed by atoms with van der Waals surface area (Å²) in [7, 11) is -6.31. The van der Waals surface area contributed by atoms with Crippen LogP contribution in [-0.4, -0.2) is 132 Å². The monoisotopic (exact) mass is 1300 g/mol. The van der Waals surface area contributed by atoms with Gasteiger partial charge < -0.3 is 34.5 Å². The minimum atomic E-state index is -4.38. The number of piperidine rings is 1. The normalized spacial score (nSPS) is 16.3. The summed E-state index contributed by atoms with van der Waals surface area (Å²) in [6.45, 7) is 8.10. The molecule has 1 fully saturated rings. The average molecular weight is 1300 g/mol. The largest absolute Gasteiger partial charge is 0.489 e. The van der Waals surface area contributed by atoms with Crippen LogP contribution in [0.15, 0.2) is 146 Å². The van der Waals surface area contributed by atoms with Crippen LogP contribution in [0, 0.1) is 11.3 Å². The van der Waals surface area contributed by atoms with Gasteiger partial charge >= 0.3 is 12.4 Å². The number of amides is 2. The van der Waals surface area contributed by atoms with Crippen LogP contribution in [0.25, 0.3) is 60.3 Å². The third-order valence-corrected chi connectivity index (χ3v) is 19.7. The molecule has 2 amide bonds. The molecule has 4 N–H and O–H groups in total. The van der Waals surface area contributed by atoms with Crippen LogP contribution in [0.1, 0.15) is 96.4 Å². The highest BCUT2D eigenvalue weighted by Gasteiger charge is 2.33. The minimum Gasteiger partial charge on any atom is -0.489 e. The molecule has 16 nitrogen and oxygen atoms in total. The molecular weight excluding hydrogens is 1230 g/mol. The molecule has 4 aliphatic heterocycles. The number of carbonyl (C=O) groups excluding carboxylic acids is 2. The Morgan fingerprint density at radius 3 is 1.49 bits per heavy atom. The molecule has 4 aliphatic rings. The van der Waals surface area contributed by atoms with Crippen molar-refractivity contribution in [3.05, 3.63) is 191 Å². The van der Waals surface area contributed by atoms with Gasteiger partial charge in [0.15, 0.2) is 0 Å². The molecule has 0 unspecified atom stereocenters. The molecule has 5 aromatic carbocycles. The van der Waals surface area contributed by atoms with E-state index in [0.29, 0.717) is 86.6 Å². The first kappa shape index (κ1) is 66.0. The summed E-state index contributed by atoms with van der Waals surface area (Å²) in [6, 6.07) is 31.4. The van der Waals surface area contributed by atoms with Crippen LogP contribution < -0.4 is 4.74 Å². The number of aromatic nitrogens is 4. The third-order valence-electron chi connectivity index (χ3n) is 17.1. The number of sulfonamides is 2. The molecule has 92 heavy (non-hydrogen) atoms. The summed E-state index contributed by atoms with van der Waals surface area (Å²) in [5.41, 5.74) is 10.8. The predicted octanol–water partition coefficient (Wildman–Crippen LogP) is 13.6. The second-order valence-corrected chi connectivity index (χ2v) is 27.1. The molecule has 1 saturated heterocycles. The lowest BCUT2D eigenvalue weighted by Crippen LogP contribution is -2.37. The van der Waals surface area contributed by atoms with Gasteiger partial charge in [-0.05, 0) is 120 Å². The number of carbonyl (C=O) groups is 2. The zero-order chi connectivity index (χ0) is 65.7. The molecule has 8 heterocycles. The highest BCUT2D eigenvalue weighted by molar-refractivity contribution is 7.88. The van der Waals surface area contributed by atoms with E-state index in [1.54, 1.807) is 28.5 Å². The Labute approximate surface area is 528 Å². The van der Waals surface area contributed by atoms with Gasteiger partial charge in [0.1, 0.15) is 12.4 Å². The van der Waals surface area contributed by atoms with Crippen molar-refractivity contribution in [1.29, 1.82) is 5.26 Å². The maximum Gasteiger partial charge on any atom is 0.416 e. The van der Waals surface area contributed by atoms with E-state index in [2.05, 4.69) is 44.3 Å². The van der Waals surface area contributed by atoms with E-state index in [1.165, 1.54) is 46.1 Å². The molecule has 24 heteroatoms. The zero-order valence-corrected chi connectivity index (χ0v) is 52.6. The SMILES string of the molecule is CC(=O)N1CC=C(c2c[nH]c3cc(C(F)(F)F)ccc23)CC1.CC(=O)N1CC=C(c2c[nH]c3ccc(C#N)cc23)CC1.CS(=O)(=O)N1CC=C(c2c[nH]c3cc(C(F)(F)F)ccc23)CC1.CS(=O)(=O)N1CCC(c2c[nH]c3cc(OCc4ccccc4)ccc23)CC1. The second-order valence-electron chi connectivity index (χ2n) is 23.1. The topological polar surface area (TPSA) is 212 Å². The molecule has 0 radical (unpaired) electrons. The summed E-state index contributed by atoms with van der Waals surface area (Å²) in [4.78, 5) is 38.6. The summed E-state index contributed by atoms with van der Waals surface area (Å²) >= 11 is 0. The van der Waals surface area contributed by atoms with E-state index < -0.39 is 43.5 Å². The van der Waals surface area contributed by atoms with E-state index in [1.807, 2.05) is 83.9 Å². The van der Waals surface area contributed by atoms with Gasteiger partial charge in [0.05, 0.1) is 35.3 Å². The number of nitrogens with one attached hydrogen (secondary N) is 4. The maximum absolute atomic E-state index is 12.7. The second kappa shape index (κ2) is 27.5. The Morgan fingerprint density at radius 1 is 0.543 bits per heavy atom. The zero-order valence-electron chi connectivity index (χ0n) is 51.0. The molecular formula is C68H69F6N9O7S2. The van der Waals surface area contributed by atoms with Crippen molar-refractivity contribution in [2.75, 3.05) is 64.9 Å². The van der Waals surface area contributed by atoms with E-state index in [4.69, 9.17) is 10.00 Å². The molecule has 0 aliphatic carbocycles. The number of hydrogen-bond acceptors (Lipinski definition) is 8. The van der Waals surface area contributed by atoms with Crippen molar-refractivity contribution >= 4 is 92.2 Å². The van der Waals surface area contributed by atoms with Crippen LogP contribution in [0.4, 0.5) is 26.3 Å². The third kappa shape index (κ3) is 15.7. The molecule has 0 atom stereocenters. The Kier molecular flexibility index (Phi) is 19.8. The van der Waals surface area contributed by atoms with Gasteiger partial charge in [-0.15, -0.1) is 0 Å². The molecule has 0 bridgehead atoms. The Hall–Kier alpha value is -8.89. The first-order valence-corrected chi connectivity index (χ1v) is 33.6. The summed E-state index contributed by atoms with van der Waals surface area (Å²) in [5.74, 6) is 1.37. The Bertz CT molecular complexity index is 4570. The number of ether oxygens (including phenoxy) is 1. The van der Waals surface area contributed by atoms with Gasteiger partial charge in [-0.2, -0.15) is 35.9 Å². The van der Waals surface area contributed by atoms with Crippen LogP contribution in [0.3, 0.4) is 0 Å². The Morgan fingerprint density at radius 2 is 1.02 bits per heavy atom. The van der Waals surface area contributed by atoms with Crippen LogP contribution in [-0.2, 0) is 48.6 Å². The first-order valence-electron chi connectivity index (χ1n) is 29.9. The lowest BCUT2D eigenvalue weighted by atomic mass is 9.90. The van der Waals surface area contributed by atoms with Crippen LogP contribution in [0.5, 0.6) is 5.75 Å². The predicted molar refractivity (Wildman–Crippen MR) is 346 cm³/mol. The minimum absolute atomic E-state index is 0.0315. The van der Waals surface area contributed by atoms with Gasteiger partial charge in [0.2, 0.25) is 31.9 Å². The fraction of sp³-hybridized carbons (Fsp3) is 0.309. The highest BCUT2D eigenvalue weighted by atomic mass is 32.2. The molecule has 9 aromatic rings. The number of alkyl halides is 6. The van der Waals surface area contributed by atoms with Crippen molar-refractivity contribution in [2.24, 2.45) is 0 Å². The first-order chi connectivity index (χ1) is 43.7. The summed E-state index contributed by atoms with van der Waals surface area (Å²) in [5, 5.41) is 12.8. The van der Waals surface area contributed by atoms with Gasteiger partial charge in [-0.1, -0.05) is 60.7 Å². The molecule has 4 aromatic heterocycles. The average Bonchev–Trinajstić information content (AvgIpc) is 1.70. The van der Waals surface area contributed by atoms with Crippen molar-refractivity contribution < 1.29 is 57.5 Å². The van der Waals surface area contributed by atoms with Crippen molar-refractivity contribution in [2.45, 2.75) is 70.8 Å². The fourth-order valence-corrected chi connectivity index (χ4v) is 13.6. The number of benzene rings is 5. The van der Waals surface area contributed by atoms with Crippen molar-refractivity contribution in [3.8, 4) is 11.8 Å². The van der Waals surface area contributed by atoms with Crippen LogP contribution in [0.2, 0.25) is 0 Å². The smallest absolute Gasteiger partial charge is 0.416 e. The van der Waals surface area contributed by atoms with E-state index in [0.717, 1.165) is 117 Å². The lowest BCUT2D eigenvalue weighted by molar-refractivity contribution is -0.138. The van der Waals surface area contributed by atoms with Gasteiger partial charge in [-0.25, -0.2) is 21.1 Å². The molecule has 13 rings (SSSR count). The number of fused-ring (bicyclic) bond motifs is 4. The Balaban J connectivity index is 0.000000135. The summed E-state index contributed by atoms with van der Waals surface area (Å²) in [6.07, 6.45) is 10.9. The quantitative estimate of drug-likeness (QED) is 0.102. The standard InChI is InChI=1S/C21H24N2O3S.C16H15F3N2O.C16H15N3O.C15H15F3N2O2S/c1-27(24,25)23-11-9-17(10-12-23)20-14-22-21-13-18(7-8-19(20)21)26-15-16-5-3-2-4-6-16;1-10(22)21-6-4-11(5-7-21)14-9-20-15-8-12(16(17,18)19)2-3-13(14)15;1-11(20)19-6-4-13(5-7-19)15-10-18-16-3-2-12(9-17)8-14(15)16;1-23(21,22)20-6-4-10(5-7-20)13-9-19-14-8-11(15(16,17)18)2-3-12(13)14/h2-8,13-14,17,22H,9-12,15H2,1H3;2-4,8-9,20H,5-7H2,1H3;2-4,8,10,18H,5-7H2,1H3;2-4,8-9,19H,5-7H2,1H3. The number of H-pyrrole nitrogens is 4. The van der Waals surface area contributed by atoms with E-state index in [9.17, 15) is 52.8 Å². The van der Waals surface area contributed by atoms with E-state index in [-0.39, 0.29) is 18.4 Å². The van der Waals surface area contributed by atoms with Gasteiger partial charge in [0, 0.05) is 157 Å². The summed E-state index contributed by atoms with van der Waals surface area (Å²) < 4.78 is 132. The van der Waals surface area contributed by atoms with Crippen LogP contribution >= 0.6 is 0 Å². The van der Waals surface area contributed by atoms with Crippen molar-refractivity contribution in [1.82, 2.24) is 38.3 Å². The van der Waals surface area contributed by atoms with Crippen molar-refractivity contribution in [3.63, 3.8) is 0 Å². The van der Waals surface area contributed by atoms with E-state index >= 15 is 0 Å². The molecule has 0 spiro atoms. The number of aromatic amines is 4. The van der Waals surface area contributed by atoms with Gasteiger partial charge in [-0.3, -0.25) is 9.59 Å². The number of nitrogens with zero attached hydrogens (tertiary/aromatic N) is 5. The number of nitriles is 1. The molecule has 0 saturated carbocycles. The fourth-order valence-electron chi connectivity index (χ4n) is 12.0. The number of hydrogen-bond donors (Lipinski definition) is 4. The van der Waals surface area contributed by atoms with Gasteiger partial charge in [0.25, 0.3) is 0 Å². The number of halogens is 6. The number of rotatable bonds is 9. The lowest BCUT2D eigenvalue weighted by Gasteiger charge is -2.30. The molecule has 482 valence electrons. The highest BCUT2D eigenvalue weighted by Crippen LogP contribution is 2.39.